The summed E-state index contributed by atoms with van der Waals surface area (Å²) in [7, 11) is 1.74. The van der Waals surface area contributed by atoms with Crippen LogP contribution in [0.1, 0.15) is 51.4 Å². The van der Waals surface area contributed by atoms with Gasteiger partial charge in [-0.1, -0.05) is 0 Å². The van der Waals surface area contributed by atoms with E-state index in [-0.39, 0.29) is 22.9 Å². The van der Waals surface area contributed by atoms with Crippen LogP contribution in [0, 0.1) is 17.8 Å². The third-order valence-electron chi connectivity index (χ3n) is 7.68. The lowest BCUT2D eigenvalue weighted by Crippen LogP contribution is -2.67. The Morgan fingerprint density at radius 1 is 1.29 bits per heavy atom. The Morgan fingerprint density at radius 3 is 2.82 bits per heavy atom. The third kappa shape index (κ3) is 3.24. The van der Waals surface area contributed by atoms with E-state index in [9.17, 15) is 4.79 Å². The maximum atomic E-state index is 13.3. The summed E-state index contributed by atoms with van der Waals surface area (Å²) in [5.74, 6) is 1.68. The Bertz CT molecular complexity index is 694. The molecule has 6 rings (SSSR count). The molecule has 4 aliphatic carbocycles. The van der Waals surface area contributed by atoms with Crippen molar-refractivity contribution in [1.29, 1.82) is 0 Å². The third-order valence-corrected chi connectivity index (χ3v) is 7.68. The summed E-state index contributed by atoms with van der Waals surface area (Å²) in [5.41, 5.74) is -0.130. The van der Waals surface area contributed by atoms with E-state index in [1.165, 1.54) is 6.42 Å². The first kappa shape index (κ1) is 18.5. The van der Waals surface area contributed by atoms with Crippen LogP contribution in [0.4, 0.5) is 0 Å². The highest BCUT2D eigenvalue weighted by atomic mass is 16.5. The van der Waals surface area contributed by atoms with Crippen molar-refractivity contribution in [2.75, 3.05) is 33.4 Å². The van der Waals surface area contributed by atoms with Crippen molar-refractivity contribution in [2.45, 2.75) is 62.4 Å². The lowest BCUT2D eigenvalue weighted by atomic mass is 9.50. The number of carbonyl (C=O) groups is 1. The molecule has 8 heteroatoms. The molecule has 1 aromatic rings. The fourth-order valence-corrected chi connectivity index (χ4v) is 7.04. The number of hydrogen-bond acceptors (Lipinski definition) is 6. The van der Waals surface area contributed by atoms with E-state index in [0.717, 1.165) is 71.2 Å². The molecule has 28 heavy (non-hydrogen) atoms. The van der Waals surface area contributed by atoms with Crippen LogP contribution in [0.3, 0.4) is 0 Å². The molecular formula is C20H32N6O2. The molecule has 4 saturated carbocycles. The standard InChI is InChI=1S/C20H32N6O2/c1-28-6-5-25-4-2-3-17(12-25)18(27)23-19-8-15-7-16(9-19)11-20(10-15,13-19)26-22-14-21-24-26/h14-17H,2-13H2,1H3,(H,23,27). The summed E-state index contributed by atoms with van der Waals surface area (Å²) >= 11 is 0. The second-order valence-electron chi connectivity index (χ2n) is 9.81. The van der Waals surface area contributed by atoms with Crippen LogP contribution >= 0.6 is 0 Å². The van der Waals surface area contributed by atoms with Gasteiger partial charge in [0.2, 0.25) is 5.91 Å². The lowest BCUT2D eigenvalue weighted by molar-refractivity contribution is -0.136. The minimum Gasteiger partial charge on any atom is -0.383 e. The molecule has 4 bridgehead atoms. The molecule has 8 nitrogen and oxygen atoms in total. The van der Waals surface area contributed by atoms with Crippen LogP contribution in [0.5, 0.6) is 0 Å². The number of piperidine rings is 1. The fraction of sp³-hybridized carbons (Fsp3) is 0.900. The predicted octanol–water partition coefficient (Wildman–Crippen LogP) is 1.20. The largest absolute Gasteiger partial charge is 0.383 e. The number of amides is 1. The van der Waals surface area contributed by atoms with Crippen LogP contribution in [0.15, 0.2) is 6.33 Å². The van der Waals surface area contributed by atoms with Crippen molar-refractivity contribution in [3.05, 3.63) is 6.33 Å². The quantitative estimate of drug-likeness (QED) is 0.788. The maximum Gasteiger partial charge on any atom is 0.224 e. The average Bonchev–Trinajstić information content (AvgIpc) is 3.21. The van der Waals surface area contributed by atoms with Gasteiger partial charge in [0.15, 0.2) is 6.33 Å². The van der Waals surface area contributed by atoms with Gasteiger partial charge in [0.25, 0.3) is 0 Å². The van der Waals surface area contributed by atoms with Crippen molar-refractivity contribution >= 4 is 5.91 Å². The van der Waals surface area contributed by atoms with Gasteiger partial charge in [0.1, 0.15) is 0 Å². The van der Waals surface area contributed by atoms with Crippen LogP contribution < -0.4 is 5.32 Å². The minimum atomic E-state index is -0.0798. The number of ether oxygens (including phenoxy) is 1. The first-order chi connectivity index (χ1) is 13.6. The van der Waals surface area contributed by atoms with E-state index in [4.69, 9.17) is 4.74 Å². The highest BCUT2D eigenvalue weighted by Gasteiger charge is 2.60. The van der Waals surface area contributed by atoms with Gasteiger partial charge in [0.05, 0.1) is 18.1 Å². The molecule has 5 aliphatic rings. The number of carbonyl (C=O) groups excluding carboxylic acids is 1. The molecule has 0 radical (unpaired) electrons. The van der Waals surface area contributed by atoms with E-state index in [0.29, 0.717) is 11.8 Å². The van der Waals surface area contributed by atoms with E-state index < -0.39 is 0 Å². The van der Waals surface area contributed by atoms with Gasteiger partial charge in [-0.15, -0.1) is 10.2 Å². The number of methoxy groups -OCH3 is 1. The molecule has 5 fully saturated rings. The maximum absolute atomic E-state index is 13.3. The summed E-state index contributed by atoms with van der Waals surface area (Å²) in [6.07, 6.45) is 10.4. The topological polar surface area (TPSA) is 85.2 Å². The summed E-state index contributed by atoms with van der Waals surface area (Å²) < 4.78 is 5.22. The number of tetrazole rings is 1. The zero-order valence-corrected chi connectivity index (χ0v) is 16.8. The number of rotatable bonds is 6. The fourth-order valence-electron chi connectivity index (χ4n) is 7.04. The molecule has 3 unspecified atom stereocenters. The summed E-state index contributed by atoms with van der Waals surface area (Å²) in [6, 6.07) is 0. The number of hydrogen-bond donors (Lipinski definition) is 1. The van der Waals surface area contributed by atoms with Crippen molar-refractivity contribution < 1.29 is 9.53 Å². The molecule has 1 aromatic heterocycles. The van der Waals surface area contributed by atoms with Gasteiger partial charge in [-0.3, -0.25) is 4.79 Å². The van der Waals surface area contributed by atoms with Crippen molar-refractivity contribution in [1.82, 2.24) is 30.4 Å². The van der Waals surface area contributed by atoms with Gasteiger partial charge in [-0.25, -0.2) is 0 Å². The number of likely N-dealkylation sites (tertiary alicyclic amines) is 1. The predicted molar refractivity (Wildman–Crippen MR) is 102 cm³/mol. The summed E-state index contributed by atoms with van der Waals surface area (Å²) in [6.45, 7) is 3.57. The first-order valence-electron chi connectivity index (χ1n) is 10.9. The molecule has 1 aliphatic heterocycles. The highest BCUT2D eigenvalue weighted by Crippen LogP contribution is 2.60. The van der Waals surface area contributed by atoms with Crippen LogP contribution in [-0.4, -0.2) is 69.9 Å². The average molecular weight is 389 g/mol. The number of nitrogens with zero attached hydrogens (tertiary/aromatic N) is 5. The highest BCUT2D eigenvalue weighted by molar-refractivity contribution is 5.80. The molecule has 2 heterocycles. The normalized spacial score (nSPS) is 40.0. The second-order valence-corrected chi connectivity index (χ2v) is 9.81. The molecule has 1 N–H and O–H groups in total. The minimum absolute atomic E-state index is 0.0507. The lowest BCUT2D eigenvalue weighted by Gasteiger charge is -2.61. The van der Waals surface area contributed by atoms with Gasteiger partial charge in [-0.2, -0.15) is 4.80 Å². The Morgan fingerprint density at radius 2 is 2.11 bits per heavy atom. The monoisotopic (exact) mass is 388 g/mol. The molecular weight excluding hydrogens is 356 g/mol. The zero-order chi connectivity index (χ0) is 19.2. The molecule has 0 aromatic carbocycles. The van der Waals surface area contributed by atoms with E-state index in [1.54, 1.807) is 13.4 Å². The molecule has 154 valence electrons. The summed E-state index contributed by atoms with van der Waals surface area (Å²) in [5, 5.41) is 16.2. The molecule has 1 amide bonds. The second kappa shape index (κ2) is 7.06. The Hall–Kier alpha value is -1.54. The number of nitrogens with one attached hydrogen (secondary N) is 1. The summed E-state index contributed by atoms with van der Waals surface area (Å²) in [4.78, 5) is 17.5. The SMILES string of the molecule is COCCN1CCCC(C(=O)NC23CC4CC(C2)CC(n2ncnn2)(C4)C3)C1. The molecule has 1 saturated heterocycles. The number of aromatic nitrogens is 4. The molecule has 0 spiro atoms. The van der Waals surface area contributed by atoms with Gasteiger partial charge in [-0.05, 0) is 75.0 Å². The molecule has 3 atom stereocenters. The van der Waals surface area contributed by atoms with Crippen molar-refractivity contribution in [3.8, 4) is 0 Å². The smallest absolute Gasteiger partial charge is 0.224 e. The van der Waals surface area contributed by atoms with Crippen molar-refractivity contribution in [3.63, 3.8) is 0 Å². The van der Waals surface area contributed by atoms with Gasteiger partial charge >= 0.3 is 0 Å². The van der Waals surface area contributed by atoms with Gasteiger partial charge in [0, 0.05) is 25.7 Å². The Labute approximate surface area is 166 Å². The zero-order valence-electron chi connectivity index (χ0n) is 16.8. The Balaban J connectivity index is 1.30. The van der Waals surface area contributed by atoms with Crippen molar-refractivity contribution in [2.24, 2.45) is 17.8 Å². The van der Waals surface area contributed by atoms with Crippen LogP contribution in [0.2, 0.25) is 0 Å². The van der Waals surface area contributed by atoms with Crippen LogP contribution in [-0.2, 0) is 15.1 Å². The van der Waals surface area contributed by atoms with Crippen LogP contribution in [0.25, 0.3) is 0 Å². The van der Waals surface area contributed by atoms with E-state index >= 15 is 0 Å². The van der Waals surface area contributed by atoms with E-state index in [1.807, 2.05) is 4.80 Å². The first-order valence-corrected chi connectivity index (χ1v) is 10.9. The Kier molecular flexibility index (Phi) is 4.66. The van der Waals surface area contributed by atoms with E-state index in [2.05, 4.69) is 25.6 Å². The van der Waals surface area contributed by atoms with Gasteiger partial charge < -0.3 is 15.0 Å².